The second-order valence-corrected chi connectivity index (χ2v) is 3.23. The SMILES string of the molecule is COc1ccc(C(C)F)cc1CCN. The minimum absolute atomic E-state index is 0.542. The van der Waals surface area contributed by atoms with Crippen molar-refractivity contribution >= 4 is 0 Å². The Labute approximate surface area is 83.9 Å². The van der Waals surface area contributed by atoms with Crippen LogP contribution in [0.2, 0.25) is 0 Å². The average molecular weight is 197 g/mol. The van der Waals surface area contributed by atoms with Crippen LogP contribution in [0.4, 0.5) is 4.39 Å². The predicted molar refractivity (Wildman–Crippen MR) is 55.3 cm³/mol. The van der Waals surface area contributed by atoms with Gasteiger partial charge in [-0.15, -0.1) is 0 Å². The molecule has 1 aromatic carbocycles. The first kappa shape index (κ1) is 11.0. The van der Waals surface area contributed by atoms with Crippen LogP contribution in [-0.2, 0) is 6.42 Å². The molecule has 2 nitrogen and oxygen atoms in total. The molecular weight excluding hydrogens is 181 g/mol. The van der Waals surface area contributed by atoms with Gasteiger partial charge in [0.2, 0.25) is 0 Å². The van der Waals surface area contributed by atoms with E-state index in [4.69, 9.17) is 10.5 Å². The van der Waals surface area contributed by atoms with E-state index in [2.05, 4.69) is 0 Å². The van der Waals surface area contributed by atoms with Crippen molar-refractivity contribution in [3.05, 3.63) is 29.3 Å². The smallest absolute Gasteiger partial charge is 0.122 e. The zero-order chi connectivity index (χ0) is 10.6. The van der Waals surface area contributed by atoms with Gasteiger partial charge < -0.3 is 10.5 Å². The van der Waals surface area contributed by atoms with E-state index < -0.39 is 6.17 Å². The van der Waals surface area contributed by atoms with Crippen LogP contribution in [0.15, 0.2) is 18.2 Å². The zero-order valence-electron chi connectivity index (χ0n) is 8.59. The Kier molecular flexibility index (Phi) is 3.89. The van der Waals surface area contributed by atoms with Crippen LogP contribution in [0.25, 0.3) is 0 Å². The number of hydrogen-bond acceptors (Lipinski definition) is 2. The molecule has 0 aliphatic heterocycles. The van der Waals surface area contributed by atoms with Gasteiger partial charge >= 0.3 is 0 Å². The highest BCUT2D eigenvalue weighted by molar-refractivity contribution is 5.38. The van der Waals surface area contributed by atoms with Crippen LogP contribution in [0.1, 0.15) is 24.2 Å². The third-order valence-corrected chi connectivity index (χ3v) is 2.18. The first-order valence-electron chi connectivity index (χ1n) is 4.70. The highest BCUT2D eigenvalue weighted by atomic mass is 19.1. The molecular formula is C11H16FNO. The number of rotatable bonds is 4. The number of alkyl halides is 1. The summed E-state index contributed by atoms with van der Waals surface area (Å²) in [5.74, 6) is 0.778. The Hall–Kier alpha value is -1.09. The molecule has 1 rings (SSSR count). The van der Waals surface area contributed by atoms with Crippen molar-refractivity contribution in [1.29, 1.82) is 0 Å². The van der Waals surface area contributed by atoms with Crippen molar-refractivity contribution in [2.24, 2.45) is 5.73 Å². The van der Waals surface area contributed by atoms with Crippen LogP contribution >= 0.6 is 0 Å². The van der Waals surface area contributed by atoms with E-state index in [9.17, 15) is 4.39 Å². The number of methoxy groups -OCH3 is 1. The number of nitrogens with two attached hydrogens (primary N) is 1. The Morgan fingerprint density at radius 2 is 2.21 bits per heavy atom. The van der Waals surface area contributed by atoms with Gasteiger partial charge in [-0.2, -0.15) is 0 Å². The second-order valence-electron chi connectivity index (χ2n) is 3.23. The van der Waals surface area contributed by atoms with Gasteiger partial charge in [-0.05, 0) is 43.1 Å². The average Bonchev–Trinajstić information content (AvgIpc) is 2.18. The maximum atomic E-state index is 13.0. The molecule has 0 aliphatic carbocycles. The summed E-state index contributed by atoms with van der Waals surface area (Å²) in [7, 11) is 1.61. The highest BCUT2D eigenvalue weighted by Gasteiger charge is 2.07. The fourth-order valence-corrected chi connectivity index (χ4v) is 1.40. The summed E-state index contributed by atoms with van der Waals surface area (Å²) in [6.45, 7) is 2.06. The van der Waals surface area contributed by atoms with Gasteiger partial charge in [0.1, 0.15) is 11.9 Å². The van der Waals surface area contributed by atoms with E-state index in [0.717, 1.165) is 11.3 Å². The van der Waals surface area contributed by atoms with E-state index in [-0.39, 0.29) is 0 Å². The summed E-state index contributed by atoms with van der Waals surface area (Å²) in [4.78, 5) is 0. The van der Waals surface area contributed by atoms with Crippen LogP contribution in [-0.4, -0.2) is 13.7 Å². The van der Waals surface area contributed by atoms with Crippen LogP contribution in [0.3, 0.4) is 0 Å². The highest BCUT2D eigenvalue weighted by Crippen LogP contribution is 2.24. The lowest BCUT2D eigenvalue weighted by molar-refractivity contribution is 0.372. The molecule has 0 saturated heterocycles. The Balaban J connectivity index is 3.01. The first-order valence-corrected chi connectivity index (χ1v) is 4.70. The topological polar surface area (TPSA) is 35.2 Å². The summed E-state index contributed by atoms with van der Waals surface area (Å²) in [6, 6.07) is 5.34. The van der Waals surface area contributed by atoms with Gasteiger partial charge in [-0.1, -0.05) is 6.07 Å². The minimum atomic E-state index is -0.947. The van der Waals surface area contributed by atoms with Crippen molar-refractivity contribution in [2.45, 2.75) is 19.5 Å². The Morgan fingerprint density at radius 3 is 2.71 bits per heavy atom. The van der Waals surface area contributed by atoms with Crippen LogP contribution in [0.5, 0.6) is 5.75 Å². The van der Waals surface area contributed by atoms with Gasteiger partial charge in [0.25, 0.3) is 0 Å². The molecule has 0 saturated carbocycles. The Morgan fingerprint density at radius 1 is 1.50 bits per heavy atom. The first-order chi connectivity index (χ1) is 6.69. The van der Waals surface area contributed by atoms with Gasteiger partial charge in [0, 0.05) is 0 Å². The molecule has 0 spiro atoms. The molecule has 0 bridgehead atoms. The van der Waals surface area contributed by atoms with Gasteiger partial charge in [-0.3, -0.25) is 0 Å². The van der Waals surface area contributed by atoms with E-state index in [0.29, 0.717) is 18.5 Å². The second kappa shape index (κ2) is 4.96. The number of ether oxygens (including phenoxy) is 1. The maximum Gasteiger partial charge on any atom is 0.122 e. The summed E-state index contributed by atoms with van der Waals surface area (Å²) < 4.78 is 18.2. The number of hydrogen-bond donors (Lipinski definition) is 1. The molecule has 1 unspecified atom stereocenters. The van der Waals surface area contributed by atoms with Crippen molar-refractivity contribution in [2.75, 3.05) is 13.7 Å². The van der Waals surface area contributed by atoms with Gasteiger partial charge in [-0.25, -0.2) is 4.39 Å². The maximum absolute atomic E-state index is 13.0. The fraction of sp³-hybridized carbons (Fsp3) is 0.455. The molecule has 0 aromatic heterocycles. The third-order valence-electron chi connectivity index (χ3n) is 2.18. The monoisotopic (exact) mass is 197 g/mol. The summed E-state index contributed by atoms with van der Waals surface area (Å²) in [6.07, 6.45) is -0.235. The molecule has 0 aliphatic rings. The molecule has 1 aromatic rings. The minimum Gasteiger partial charge on any atom is -0.496 e. The van der Waals surface area contributed by atoms with E-state index >= 15 is 0 Å². The van der Waals surface area contributed by atoms with E-state index in [1.165, 1.54) is 6.92 Å². The van der Waals surface area contributed by atoms with Crippen molar-refractivity contribution in [1.82, 2.24) is 0 Å². The van der Waals surface area contributed by atoms with Gasteiger partial charge in [0.15, 0.2) is 0 Å². The number of benzene rings is 1. The zero-order valence-corrected chi connectivity index (χ0v) is 8.59. The molecule has 0 amide bonds. The van der Waals surface area contributed by atoms with Crippen LogP contribution in [0, 0.1) is 0 Å². The predicted octanol–water partition coefficient (Wildman–Crippen LogP) is 2.23. The molecule has 1 atom stereocenters. The molecule has 0 heterocycles. The number of halogens is 1. The Bertz CT molecular complexity index is 299. The lowest BCUT2D eigenvalue weighted by Gasteiger charge is -2.10. The summed E-state index contributed by atoms with van der Waals surface area (Å²) in [5.41, 5.74) is 7.11. The molecule has 14 heavy (non-hydrogen) atoms. The molecule has 3 heteroatoms. The van der Waals surface area contributed by atoms with Crippen molar-refractivity contribution in [3.8, 4) is 5.75 Å². The van der Waals surface area contributed by atoms with E-state index in [1.54, 1.807) is 19.2 Å². The summed E-state index contributed by atoms with van der Waals surface area (Å²) in [5, 5.41) is 0. The van der Waals surface area contributed by atoms with E-state index in [1.807, 2.05) is 6.07 Å². The molecule has 0 radical (unpaired) electrons. The molecule has 2 N–H and O–H groups in total. The lowest BCUT2D eigenvalue weighted by Crippen LogP contribution is -2.05. The van der Waals surface area contributed by atoms with Crippen molar-refractivity contribution in [3.63, 3.8) is 0 Å². The largest absolute Gasteiger partial charge is 0.496 e. The quantitative estimate of drug-likeness (QED) is 0.803. The van der Waals surface area contributed by atoms with Crippen molar-refractivity contribution < 1.29 is 9.13 Å². The normalized spacial score (nSPS) is 12.6. The summed E-state index contributed by atoms with van der Waals surface area (Å²) >= 11 is 0. The molecule has 78 valence electrons. The lowest BCUT2D eigenvalue weighted by atomic mass is 10.0. The fourth-order valence-electron chi connectivity index (χ4n) is 1.40. The molecule has 0 fully saturated rings. The van der Waals surface area contributed by atoms with Gasteiger partial charge in [0.05, 0.1) is 7.11 Å². The third kappa shape index (κ3) is 2.45. The standard InChI is InChI=1S/C11H16FNO/c1-8(12)9-3-4-11(14-2)10(7-9)5-6-13/h3-4,7-8H,5-6,13H2,1-2H3. The van der Waals surface area contributed by atoms with Crippen LogP contribution < -0.4 is 10.5 Å².